The largest absolute Gasteiger partial charge is 0.333 e. The number of nitrogens with zero attached hydrogens (tertiary/aromatic N) is 3. The number of fused-ring (bicyclic) bond motifs is 1. The van der Waals surface area contributed by atoms with Crippen LogP contribution in [0.3, 0.4) is 0 Å². The number of piperazine rings is 1. The van der Waals surface area contributed by atoms with Gasteiger partial charge < -0.3 is 10.2 Å². The Bertz CT molecular complexity index is 424. The van der Waals surface area contributed by atoms with Gasteiger partial charge in [-0.15, -0.1) is 0 Å². The van der Waals surface area contributed by atoms with E-state index in [4.69, 9.17) is 0 Å². The second-order valence-corrected chi connectivity index (χ2v) is 5.22. The number of rotatable bonds is 1. The van der Waals surface area contributed by atoms with Crippen molar-refractivity contribution in [2.45, 2.75) is 25.7 Å². The lowest BCUT2D eigenvalue weighted by Crippen LogP contribution is -2.45. The van der Waals surface area contributed by atoms with Crippen molar-refractivity contribution in [3.63, 3.8) is 0 Å². The predicted octanol–water partition coefficient (Wildman–Crippen LogP) is 0.365. The molecule has 1 aromatic heterocycles. The number of anilines is 1. The van der Waals surface area contributed by atoms with Gasteiger partial charge in [-0.25, -0.2) is 4.57 Å². The van der Waals surface area contributed by atoms with Gasteiger partial charge in [-0.3, -0.25) is 0 Å². The van der Waals surface area contributed by atoms with Crippen LogP contribution in [-0.2, 0) is 13.5 Å². The molecule has 3 rings (SSSR count). The molecule has 1 saturated heterocycles. The maximum atomic E-state index is 4.69. The predicted molar refractivity (Wildman–Crippen MR) is 67.2 cm³/mol. The zero-order valence-electron chi connectivity index (χ0n) is 10.7. The smallest absolute Gasteiger partial charge is 0.288 e. The second kappa shape index (κ2) is 4.26. The summed E-state index contributed by atoms with van der Waals surface area (Å²) >= 11 is 0. The Kier molecular flexibility index (Phi) is 2.74. The van der Waals surface area contributed by atoms with E-state index in [0.29, 0.717) is 5.92 Å². The van der Waals surface area contributed by atoms with Gasteiger partial charge in [0.25, 0.3) is 6.33 Å². The second-order valence-electron chi connectivity index (χ2n) is 5.22. The first-order valence-corrected chi connectivity index (χ1v) is 6.60. The average Bonchev–Trinajstić information content (AvgIpc) is 2.75. The van der Waals surface area contributed by atoms with Crippen LogP contribution < -0.4 is 14.8 Å². The molecule has 4 nitrogen and oxygen atoms in total. The number of hydrogen-bond acceptors (Lipinski definition) is 3. The highest BCUT2D eigenvalue weighted by molar-refractivity contribution is 5.51. The molecule has 0 radical (unpaired) electrons. The van der Waals surface area contributed by atoms with Gasteiger partial charge in [0.15, 0.2) is 0 Å². The Morgan fingerprint density at radius 3 is 2.94 bits per heavy atom. The third-order valence-electron chi connectivity index (χ3n) is 4.05. The highest BCUT2D eigenvalue weighted by Crippen LogP contribution is 2.36. The molecule has 1 fully saturated rings. The molecule has 0 saturated carbocycles. The molecule has 0 amide bonds. The van der Waals surface area contributed by atoms with E-state index in [1.54, 1.807) is 0 Å². The first-order valence-electron chi connectivity index (χ1n) is 6.60. The molecule has 2 aliphatic rings. The number of aromatic nitrogens is 2. The maximum Gasteiger partial charge on any atom is 0.288 e. The SMILES string of the molecule is C[C@@H]1CCc2c1c(N1CCNCC1)nc[n+]2C. The minimum absolute atomic E-state index is 0.662. The van der Waals surface area contributed by atoms with E-state index in [-0.39, 0.29) is 0 Å². The molecule has 0 aromatic carbocycles. The van der Waals surface area contributed by atoms with Crippen molar-refractivity contribution in [1.29, 1.82) is 0 Å². The highest BCUT2D eigenvalue weighted by Gasteiger charge is 2.32. The molecule has 0 spiro atoms. The number of hydrogen-bond donors (Lipinski definition) is 1. The van der Waals surface area contributed by atoms with Crippen LogP contribution in [0.15, 0.2) is 6.33 Å². The summed E-state index contributed by atoms with van der Waals surface area (Å²) in [5.74, 6) is 1.90. The van der Waals surface area contributed by atoms with Gasteiger partial charge in [0, 0.05) is 32.6 Å². The van der Waals surface area contributed by atoms with Crippen LogP contribution in [0.5, 0.6) is 0 Å². The summed E-state index contributed by atoms with van der Waals surface area (Å²) in [5.41, 5.74) is 2.98. The zero-order valence-corrected chi connectivity index (χ0v) is 10.7. The summed E-state index contributed by atoms with van der Waals surface area (Å²) < 4.78 is 2.20. The van der Waals surface area contributed by atoms with Crippen LogP contribution in [-0.4, -0.2) is 31.2 Å². The van der Waals surface area contributed by atoms with Crippen molar-refractivity contribution in [2.24, 2.45) is 7.05 Å². The van der Waals surface area contributed by atoms with Crippen LogP contribution in [0, 0.1) is 0 Å². The summed E-state index contributed by atoms with van der Waals surface area (Å²) in [6.07, 6.45) is 4.46. The van der Waals surface area contributed by atoms with Gasteiger partial charge in [0.05, 0.1) is 12.6 Å². The Labute approximate surface area is 103 Å². The van der Waals surface area contributed by atoms with Crippen molar-refractivity contribution < 1.29 is 4.57 Å². The van der Waals surface area contributed by atoms with Crippen molar-refractivity contribution >= 4 is 5.82 Å². The van der Waals surface area contributed by atoms with Crippen molar-refractivity contribution in [1.82, 2.24) is 10.3 Å². The third kappa shape index (κ3) is 1.80. The first-order chi connectivity index (χ1) is 8.27. The molecule has 0 bridgehead atoms. The number of aryl methyl sites for hydroxylation is 1. The zero-order chi connectivity index (χ0) is 11.8. The molecule has 92 valence electrons. The molecule has 1 aliphatic carbocycles. The average molecular weight is 233 g/mol. The Morgan fingerprint density at radius 2 is 2.18 bits per heavy atom. The summed E-state index contributed by atoms with van der Waals surface area (Å²) in [7, 11) is 2.12. The topological polar surface area (TPSA) is 32.0 Å². The minimum atomic E-state index is 0.662. The van der Waals surface area contributed by atoms with Gasteiger partial charge in [-0.1, -0.05) is 6.92 Å². The van der Waals surface area contributed by atoms with E-state index >= 15 is 0 Å². The lowest BCUT2D eigenvalue weighted by atomic mass is 10.1. The standard InChI is InChI=1S/C13H21N4/c1-10-3-4-11-12(10)13(15-9-16(11)2)17-7-5-14-6-8-17/h9-10,14H,3-8H2,1-2H3/q+1/t10-/m1/s1. The van der Waals surface area contributed by atoms with Gasteiger partial charge in [0.1, 0.15) is 5.69 Å². The Hall–Kier alpha value is -1.16. The van der Waals surface area contributed by atoms with Crippen LogP contribution in [0.4, 0.5) is 5.82 Å². The molecule has 2 heterocycles. The third-order valence-corrected chi connectivity index (χ3v) is 4.05. The molecular formula is C13H21N4+. The summed E-state index contributed by atoms with van der Waals surface area (Å²) in [5, 5.41) is 3.40. The first kappa shape index (κ1) is 11.0. The lowest BCUT2D eigenvalue weighted by Gasteiger charge is -2.27. The van der Waals surface area contributed by atoms with Crippen LogP contribution >= 0.6 is 0 Å². The molecule has 0 unspecified atom stereocenters. The summed E-state index contributed by atoms with van der Waals surface area (Å²) in [6.45, 7) is 6.65. The van der Waals surface area contributed by atoms with Crippen molar-refractivity contribution in [2.75, 3.05) is 31.1 Å². The van der Waals surface area contributed by atoms with E-state index < -0.39 is 0 Å². The fraction of sp³-hybridized carbons (Fsp3) is 0.692. The van der Waals surface area contributed by atoms with Gasteiger partial charge in [0.2, 0.25) is 5.82 Å². The molecule has 1 aromatic rings. The highest BCUT2D eigenvalue weighted by atomic mass is 15.2. The Morgan fingerprint density at radius 1 is 1.41 bits per heavy atom. The molecule has 4 heteroatoms. The fourth-order valence-corrected chi connectivity index (χ4v) is 3.04. The summed E-state index contributed by atoms with van der Waals surface area (Å²) in [4.78, 5) is 7.13. The fourth-order valence-electron chi connectivity index (χ4n) is 3.04. The van der Waals surface area contributed by atoms with E-state index in [1.807, 2.05) is 6.33 Å². The number of nitrogens with one attached hydrogen (secondary N) is 1. The van der Waals surface area contributed by atoms with Gasteiger partial charge in [-0.2, -0.15) is 0 Å². The monoisotopic (exact) mass is 233 g/mol. The molecule has 1 atom stereocenters. The van der Waals surface area contributed by atoms with E-state index in [1.165, 1.54) is 29.9 Å². The Balaban J connectivity index is 2.02. The molecule has 1 aliphatic heterocycles. The molecule has 17 heavy (non-hydrogen) atoms. The van der Waals surface area contributed by atoms with Crippen molar-refractivity contribution in [3.05, 3.63) is 17.6 Å². The quantitative estimate of drug-likeness (QED) is 0.711. The molecule has 1 N–H and O–H groups in total. The van der Waals surface area contributed by atoms with Gasteiger partial charge >= 0.3 is 0 Å². The van der Waals surface area contributed by atoms with Gasteiger partial charge in [-0.05, 0) is 17.3 Å². The van der Waals surface area contributed by atoms with Crippen LogP contribution in [0.25, 0.3) is 0 Å². The van der Waals surface area contributed by atoms with Crippen LogP contribution in [0.1, 0.15) is 30.5 Å². The van der Waals surface area contributed by atoms with E-state index in [0.717, 1.165) is 26.2 Å². The molecular weight excluding hydrogens is 212 g/mol. The minimum Gasteiger partial charge on any atom is -0.333 e. The lowest BCUT2D eigenvalue weighted by molar-refractivity contribution is -0.681. The van der Waals surface area contributed by atoms with Crippen LogP contribution in [0.2, 0.25) is 0 Å². The van der Waals surface area contributed by atoms with E-state index in [9.17, 15) is 0 Å². The normalized spacial score (nSPS) is 23.9. The summed E-state index contributed by atoms with van der Waals surface area (Å²) in [6, 6.07) is 0. The van der Waals surface area contributed by atoms with Crippen molar-refractivity contribution in [3.8, 4) is 0 Å². The maximum absolute atomic E-state index is 4.69. The van der Waals surface area contributed by atoms with E-state index in [2.05, 4.69) is 33.7 Å².